The second-order valence-corrected chi connectivity index (χ2v) is 7.69. The fourth-order valence-corrected chi connectivity index (χ4v) is 3.70. The van der Waals surface area contributed by atoms with Gasteiger partial charge in [-0.25, -0.2) is 9.38 Å². The number of piperidine rings is 1. The normalized spacial score (nSPS) is 17.7. The lowest BCUT2D eigenvalue weighted by molar-refractivity contribution is 0.0972. The lowest BCUT2D eigenvalue weighted by atomic mass is 10.0. The van der Waals surface area contributed by atoms with Crippen molar-refractivity contribution in [1.29, 1.82) is 0 Å². The summed E-state index contributed by atoms with van der Waals surface area (Å²) in [6.45, 7) is 5.47. The average molecular weight is 436 g/mol. The fourth-order valence-electron chi connectivity index (χ4n) is 3.47. The molecule has 1 fully saturated rings. The van der Waals surface area contributed by atoms with Gasteiger partial charge in [0.2, 0.25) is 0 Å². The SMILES string of the molecule is CCNC(=NCc1ccc(C(N)=O)o1)NC1CCCN(Cc2ccc(F)cc2Cl)C1. The number of amides is 1. The largest absolute Gasteiger partial charge is 0.454 e. The van der Waals surface area contributed by atoms with Crippen LogP contribution in [-0.2, 0) is 13.1 Å². The molecule has 0 saturated carbocycles. The summed E-state index contributed by atoms with van der Waals surface area (Å²) < 4.78 is 18.7. The van der Waals surface area contributed by atoms with Gasteiger partial charge in [-0.2, -0.15) is 0 Å². The summed E-state index contributed by atoms with van der Waals surface area (Å²) in [5.74, 6) is 0.450. The molecule has 3 rings (SSSR count). The molecule has 2 heterocycles. The Morgan fingerprint density at radius 1 is 1.40 bits per heavy atom. The molecule has 1 atom stereocenters. The van der Waals surface area contributed by atoms with E-state index in [1.54, 1.807) is 18.2 Å². The smallest absolute Gasteiger partial charge is 0.284 e. The van der Waals surface area contributed by atoms with Crippen molar-refractivity contribution in [2.45, 2.75) is 38.9 Å². The first-order valence-corrected chi connectivity index (χ1v) is 10.4. The number of primary amides is 1. The van der Waals surface area contributed by atoms with E-state index in [1.807, 2.05) is 6.92 Å². The molecule has 1 unspecified atom stereocenters. The molecule has 0 radical (unpaired) electrons. The van der Waals surface area contributed by atoms with Crippen molar-refractivity contribution in [2.75, 3.05) is 19.6 Å². The minimum atomic E-state index is -0.598. The maximum Gasteiger partial charge on any atom is 0.284 e. The van der Waals surface area contributed by atoms with E-state index in [0.717, 1.165) is 38.0 Å². The lowest BCUT2D eigenvalue weighted by Gasteiger charge is -2.34. The number of hydrogen-bond acceptors (Lipinski definition) is 4. The van der Waals surface area contributed by atoms with Crippen LogP contribution in [-0.4, -0.2) is 42.4 Å². The molecule has 1 saturated heterocycles. The number of carbonyl (C=O) groups excluding carboxylic acids is 1. The van der Waals surface area contributed by atoms with Crippen molar-refractivity contribution in [1.82, 2.24) is 15.5 Å². The van der Waals surface area contributed by atoms with E-state index in [4.69, 9.17) is 21.8 Å². The minimum absolute atomic E-state index is 0.125. The summed E-state index contributed by atoms with van der Waals surface area (Å²) in [6.07, 6.45) is 2.06. The lowest BCUT2D eigenvalue weighted by Crippen LogP contribution is -2.51. The number of guanidine groups is 1. The Kier molecular flexibility index (Phi) is 7.70. The van der Waals surface area contributed by atoms with E-state index >= 15 is 0 Å². The van der Waals surface area contributed by atoms with E-state index in [9.17, 15) is 9.18 Å². The van der Waals surface area contributed by atoms with Crippen molar-refractivity contribution in [3.63, 3.8) is 0 Å². The molecule has 1 aromatic heterocycles. The zero-order valence-electron chi connectivity index (χ0n) is 17.0. The van der Waals surface area contributed by atoms with Gasteiger partial charge in [0.15, 0.2) is 11.7 Å². The molecule has 30 heavy (non-hydrogen) atoms. The monoisotopic (exact) mass is 435 g/mol. The summed E-state index contributed by atoms with van der Waals surface area (Å²) in [4.78, 5) is 18.0. The molecule has 1 aliphatic heterocycles. The number of nitrogens with zero attached hydrogens (tertiary/aromatic N) is 2. The van der Waals surface area contributed by atoms with Gasteiger partial charge in [0, 0.05) is 30.7 Å². The Hall–Kier alpha value is -2.58. The predicted molar refractivity (Wildman–Crippen MR) is 115 cm³/mol. The first-order chi connectivity index (χ1) is 14.4. The number of nitrogens with two attached hydrogens (primary N) is 1. The van der Waals surface area contributed by atoms with Crippen molar-refractivity contribution >= 4 is 23.5 Å². The third-order valence-electron chi connectivity index (χ3n) is 4.90. The Morgan fingerprint density at radius 2 is 2.23 bits per heavy atom. The predicted octanol–water partition coefficient (Wildman–Crippen LogP) is 2.89. The third kappa shape index (κ3) is 6.21. The van der Waals surface area contributed by atoms with E-state index < -0.39 is 5.91 Å². The molecule has 0 spiro atoms. The number of hydrogen-bond donors (Lipinski definition) is 3. The van der Waals surface area contributed by atoms with Crippen LogP contribution < -0.4 is 16.4 Å². The molecule has 1 amide bonds. The van der Waals surface area contributed by atoms with Crippen LogP contribution >= 0.6 is 11.6 Å². The molecule has 2 aromatic rings. The molecule has 0 bridgehead atoms. The van der Waals surface area contributed by atoms with Crippen LogP contribution in [0.1, 0.15) is 41.6 Å². The van der Waals surface area contributed by atoms with E-state index in [0.29, 0.717) is 29.8 Å². The van der Waals surface area contributed by atoms with Gasteiger partial charge in [0.25, 0.3) is 5.91 Å². The highest BCUT2D eigenvalue weighted by Gasteiger charge is 2.21. The molecule has 0 aliphatic carbocycles. The molecule has 1 aromatic carbocycles. The number of aliphatic imine (C=N–C) groups is 1. The highest BCUT2D eigenvalue weighted by molar-refractivity contribution is 6.31. The zero-order valence-corrected chi connectivity index (χ0v) is 17.7. The molecule has 4 N–H and O–H groups in total. The average Bonchev–Trinajstić information content (AvgIpc) is 3.18. The van der Waals surface area contributed by atoms with Gasteiger partial charge < -0.3 is 20.8 Å². The van der Waals surface area contributed by atoms with Crippen molar-refractivity contribution in [3.05, 3.63) is 58.3 Å². The summed E-state index contributed by atoms with van der Waals surface area (Å²) in [7, 11) is 0. The molecule has 1 aliphatic rings. The van der Waals surface area contributed by atoms with Gasteiger partial charge in [-0.1, -0.05) is 17.7 Å². The summed E-state index contributed by atoms with van der Waals surface area (Å²) in [6, 6.07) is 7.99. The van der Waals surface area contributed by atoms with Gasteiger partial charge in [-0.05, 0) is 56.1 Å². The Bertz CT molecular complexity index is 901. The van der Waals surface area contributed by atoms with Gasteiger partial charge >= 0.3 is 0 Å². The van der Waals surface area contributed by atoms with Crippen molar-refractivity contribution in [2.24, 2.45) is 10.7 Å². The summed E-state index contributed by atoms with van der Waals surface area (Å²) in [5.41, 5.74) is 6.13. The van der Waals surface area contributed by atoms with Crippen LogP contribution in [0.2, 0.25) is 5.02 Å². The maximum absolute atomic E-state index is 13.3. The van der Waals surface area contributed by atoms with Crippen LogP contribution in [0.25, 0.3) is 0 Å². The van der Waals surface area contributed by atoms with E-state index in [-0.39, 0.29) is 17.6 Å². The minimum Gasteiger partial charge on any atom is -0.454 e. The Balaban J connectivity index is 1.59. The van der Waals surface area contributed by atoms with Crippen molar-refractivity contribution in [3.8, 4) is 0 Å². The van der Waals surface area contributed by atoms with Gasteiger partial charge in [0.05, 0.1) is 0 Å². The van der Waals surface area contributed by atoms with Gasteiger partial charge in [-0.15, -0.1) is 0 Å². The first kappa shape index (κ1) is 22.1. The number of halogens is 2. The van der Waals surface area contributed by atoms with Crippen molar-refractivity contribution < 1.29 is 13.6 Å². The second kappa shape index (κ2) is 10.4. The number of nitrogens with one attached hydrogen (secondary N) is 2. The van der Waals surface area contributed by atoms with Crippen LogP contribution in [0.15, 0.2) is 39.7 Å². The summed E-state index contributed by atoms with van der Waals surface area (Å²) >= 11 is 6.18. The topological polar surface area (TPSA) is 95.9 Å². The molecular formula is C21H27ClFN5O2. The number of furan rings is 1. The van der Waals surface area contributed by atoms with Crippen LogP contribution in [0.4, 0.5) is 4.39 Å². The fraction of sp³-hybridized carbons (Fsp3) is 0.429. The Labute approximate surface area is 180 Å². The Morgan fingerprint density at radius 3 is 2.93 bits per heavy atom. The second-order valence-electron chi connectivity index (χ2n) is 7.28. The number of rotatable bonds is 7. The zero-order chi connectivity index (χ0) is 21.5. The number of likely N-dealkylation sites (tertiary alicyclic amines) is 1. The molecule has 7 nitrogen and oxygen atoms in total. The van der Waals surface area contributed by atoms with Crippen LogP contribution in [0.3, 0.4) is 0 Å². The molecule has 162 valence electrons. The van der Waals surface area contributed by atoms with Crippen LogP contribution in [0, 0.1) is 5.82 Å². The molecular weight excluding hydrogens is 409 g/mol. The third-order valence-corrected chi connectivity index (χ3v) is 5.25. The van der Waals surface area contributed by atoms with E-state index in [1.165, 1.54) is 12.1 Å². The first-order valence-electron chi connectivity index (χ1n) is 10.0. The molecule has 9 heteroatoms. The highest BCUT2D eigenvalue weighted by atomic mass is 35.5. The highest BCUT2D eigenvalue weighted by Crippen LogP contribution is 2.21. The maximum atomic E-state index is 13.3. The van der Waals surface area contributed by atoms with Crippen LogP contribution in [0.5, 0.6) is 0 Å². The van der Waals surface area contributed by atoms with E-state index in [2.05, 4.69) is 20.5 Å². The quantitative estimate of drug-likeness (QED) is 0.459. The number of benzene rings is 1. The van der Waals surface area contributed by atoms with Gasteiger partial charge in [-0.3, -0.25) is 9.69 Å². The van der Waals surface area contributed by atoms with Gasteiger partial charge in [0.1, 0.15) is 18.1 Å². The summed E-state index contributed by atoms with van der Waals surface area (Å²) in [5, 5.41) is 7.15. The number of carbonyl (C=O) groups is 1. The standard InChI is InChI=1S/C21H27ClFN5O2/c1-2-25-21(26-11-17-7-8-19(30-17)20(24)29)27-16-4-3-9-28(13-16)12-14-5-6-15(23)10-18(14)22/h5-8,10,16H,2-4,9,11-13H2,1H3,(H2,24,29)(H2,25,26,27).